The maximum Gasteiger partial charge on any atom is 0.162 e. The molecule has 0 heterocycles. The van der Waals surface area contributed by atoms with Crippen LogP contribution in [0.5, 0.6) is 0 Å². The van der Waals surface area contributed by atoms with E-state index in [1.165, 1.54) is 0 Å². The van der Waals surface area contributed by atoms with E-state index >= 15 is 0 Å². The molecule has 2 aromatic carbocycles. The average Bonchev–Trinajstić information content (AvgIpc) is 2.90. The van der Waals surface area contributed by atoms with E-state index in [1.807, 2.05) is 48.5 Å². The Morgan fingerprint density at radius 3 is 1.36 bits per heavy atom. The van der Waals surface area contributed by atoms with Gasteiger partial charge in [-0.25, -0.2) is 0 Å². The molecule has 0 atom stereocenters. The van der Waals surface area contributed by atoms with Crippen LogP contribution in [0.2, 0.25) is 0 Å². The van der Waals surface area contributed by atoms with E-state index in [1.54, 1.807) is 0 Å². The maximum absolute atomic E-state index is 13.0. The van der Waals surface area contributed by atoms with E-state index in [0.29, 0.717) is 39.5 Å². The predicted molar refractivity (Wildman–Crippen MR) is 143 cm³/mol. The van der Waals surface area contributed by atoms with E-state index in [9.17, 15) is 9.59 Å². The van der Waals surface area contributed by atoms with Gasteiger partial charge in [0.1, 0.15) is 25.0 Å². The molecule has 0 aliphatic heterocycles. The molecule has 3 rings (SSSR count). The molecule has 0 saturated heterocycles. The molecule has 6 heteroatoms. The fourth-order valence-corrected chi connectivity index (χ4v) is 4.48. The summed E-state index contributed by atoms with van der Waals surface area (Å²) in [5.41, 5.74) is 3.51. The van der Waals surface area contributed by atoms with Crippen molar-refractivity contribution >= 4 is 22.9 Å². The number of hydrogen-bond donors (Lipinski definition) is 0. The second kappa shape index (κ2) is 13.5. The highest BCUT2D eigenvalue weighted by molar-refractivity contribution is 6.31. The summed E-state index contributed by atoms with van der Waals surface area (Å²) in [4.78, 5) is 30.4. The monoisotopic (exact) mass is 486 g/mol. The molecule has 0 radical (unpaired) electrons. The van der Waals surface area contributed by atoms with E-state index < -0.39 is 11.8 Å². The number of terminal acetylenes is 2. The summed E-state index contributed by atoms with van der Waals surface area (Å²) in [5, 5.41) is 0. The molecular weight excluding hydrogens is 452 g/mol. The highest BCUT2D eigenvalue weighted by Crippen LogP contribution is 2.41. The number of ketones is 2. The van der Waals surface area contributed by atoms with Gasteiger partial charge in [-0.2, -0.15) is 0 Å². The first kappa shape index (κ1) is 27.0. The standard InChI is InChI=1S/C30H34N2O4/c1-5-19-35-21-17-31(7-3)25-13-9-23(10-14-25)27-29(33)28(30(27)34)24-11-15-26(16-12-24)32(8-4)18-22-36-20-6-2/h1-2,9-16,27-28H,7-8,17-22H2,3-4H3. The molecule has 0 unspecified atom stereocenters. The fourth-order valence-electron chi connectivity index (χ4n) is 4.48. The third kappa shape index (κ3) is 6.34. The summed E-state index contributed by atoms with van der Waals surface area (Å²) in [6, 6.07) is 15.3. The smallest absolute Gasteiger partial charge is 0.162 e. The number of likely N-dealkylation sites (N-methyl/N-ethyl adjacent to an activating group) is 2. The van der Waals surface area contributed by atoms with Crippen molar-refractivity contribution in [2.75, 3.05) is 62.4 Å². The summed E-state index contributed by atoms with van der Waals surface area (Å²) in [7, 11) is 0. The predicted octanol–water partition coefficient (Wildman–Crippen LogP) is 3.66. The van der Waals surface area contributed by atoms with Gasteiger partial charge in [0.25, 0.3) is 0 Å². The molecule has 1 fully saturated rings. The van der Waals surface area contributed by atoms with Crippen LogP contribution in [0.1, 0.15) is 36.8 Å². The lowest BCUT2D eigenvalue weighted by atomic mass is 9.66. The lowest BCUT2D eigenvalue weighted by Gasteiger charge is -2.33. The van der Waals surface area contributed by atoms with Gasteiger partial charge in [-0.15, -0.1) is 12.8 Å². The third-order valence-electron chi connectivity index (χ3n) is 6.47. The molecule has 0 amide bonds. The minimum atomic E-state index is -0.696. The van der Waals surface area contributed by atoms with Gasteiger partial charge in [-0.05, 0) is 49.2 Å². The van der Waals surface area contributed by atoms with Crippen LogP contribution in [0.4, 0.5) is 11.4 Å². The van der Waals surface area contributed by atoms with E-state index in [4.69, 9.17) is 22.3 Å². The minimum Gasteiger partial charge on any atom is -0.370 e. The van der Waals surface area contributed by atoms with Gasteiger partial charge in [0.2, 0.25) is 0 Å². The second-order valence-corrected chi connectivity index (χ2v) is 8.53. The van der Waals surface area contributed by atoms with Crippen molar-refractivity contribution in [3.63, 3.8) is 0 Å². The highest BCUT2D eigenvalue weighted by atomic mass is 16.5. The first-order valence-electron chi connectivity index (χ1n) is 12.3. The number of benzene rings is 2. The zero-order valence-corrected chi connectivity index (χ0v) is 21.1. The van der Waals surface area contributed by atoms with E-state index in [-0.39, 0.29) is 11.6 Å². The number of anilines is 2. The molecule has 0 spiro atoms. The minimum absolute atomic E-state index is 0.0504. The number of nitrogens with zero attached hydrogens (tertiary/aromatic N) is 2. The molecule has 1 aliphatic carbocycles. The molecule has 0 aromatic heterocycles. The molecule has 1 aliphatic rings. The van der Waals surface area contributed by atoms with Crippen molar-refractivity contribution in [1.82, 2.24) is 0 Å². The summed E-state index contributed by atoms with van der Waals surface area (Å²) in [6.07, 6.45) is 10.4. The van der Waals surface area contributed by atoms with Gasteiger partial charge < -0.3 is 19.3 Å². The Kier molecular flexibility index (Phi) is 10.1. The van der Waals surface area contributed by atoms with Gasteiger partial charge in [0.15, 0.2) is 11.6 Å². The van der Waals surface area contributed by atoms with Gasteiger partial charge in [-0.1, -0.05) is 36.1 Å². The number of rotatable bonds is 14. The van der Waals surface area contributed by atoms with Crippen LogP contribution >= 0.6 is 0 Å². The van der Waals surface area contributed by atoms with Crippen LogP contribution in [0.3, 0.4) is 0 Å². The van der Waals surface area contributed by atoms with Crippen molar-refractivity contribution in [1.29, 1.82) is 0 Å². The summed E-state index contributed by atoms with van der Waals surface area (Å²) < 4.78 is 10.8. The maximum atomic E-state index is 13.0. The van der Waals surface area contributed by atoms with Gasteiger partial charge in [0, 0.05) is 37.6 Å². The van der Waals surface area contributed by atoms with E-state index in [2.05, 4.69) is 35.5 Å². The van der Waals surface area contributed by atoms with Crippen molar-refractivity contribution in [2.24, 2.45) is 0 Å². The molecule has 0 N–H and O–H groups in total. The first-order chi connectivity index (χ1) is 17.5. The Labute approximate surface area is 214 Å². The summed E-state index contributed by atoms with van der Waals surface area (Å²) in [6.45, 7) is 8.85. The van der Waals surface area contributed by atoms with Crippen molar-refractivity contribution in [3.05, 3.63) is 59.7 Å². The van der Waals surface area contributed by atoms with Crippen molar-refractivity contribution < 1.29 is 19.1 Å². The highest BCUT2D eigenvalue weighted by Gasteiger charge is 2.50. The lowest BCUT2D eigenvalue weighted by molar-refractivity contribution is -0.142. The molecular formula is C30H34N2O4. The Morgan fingerprint density at radius 1 is 0.694 bits per heavy atom. The number of Topliss-reactive ketones (excluding diaryl/α,β-unsaturated/α-hetero) is 2. The van der Waals surface area contributed by atoms with Gasteiger partial charge >= 0.3 is 0 Å². The van der Waals surface area contributed by atoms with Crippen LogP contribution in [0.25, 0.3) is 0 Å². The zero-order valence-electron chi connectivity index (χ0n) is 21.1. The molecule has 2 aromatic rings. The van der Waals surface area contributed by atoms with Crippen molar-refractivity contribution in [2.45, 2.75) is 25.7 Å². The molecule has 1 saturated carbocycles. The second-order valence-electron chi connectivity index (χ2n) is 8.53. The van der Waals surface area contributed by atoms with Crippen LogP contribution in [-0.4, -0.2) is 64.2 Å². The van der Waals surface area contributed by atoms with Crippen LogP contribution in [-0.2, 0) is 19.1 Å². The first-order valence-corrected chi connectivity index (χ1v) is 12.3. The third-order valence-corrected chi connectivity index (χ3v) is 6.47. The number of carbonyl (C=O) groups is 2. The van der Waals surface area contributed by atoms with Crippen LogP contribution in [0.15, 0.2) is 48.5 Å². The van der Waals surface area contributed by atoms with E-state index in [0.717, 1.165) is 35.6 Å². The number of carbonyl (C=O) groups excluding carboxylic acids is 2. The Hall–Kier alpha value is -3.58. The molecule has 0 bridgehead atoms. The zero-order chi connectivity index (χ0) is 25.9. The molecule has 36 heavy (non-hydrogen) atoms. The quantitative estimate of drug-likeness (QED) is 0.231. The van der Waals surface area contributed by atoms with Gasteiger partial charge in [0.05, 0.1) is 13.2 Å². The SMILES string of the molecule is C#CCOCCN(CC)c1ccc(C2C(=O)C(c3ccc(N(CC)CCOCC#C)cc3)C2=O)cc1. The average molecular weight is 487 g/mol. The number of ether oxygens (including phenoxy) is 2. The Bertz CT molecular complexity index is 994. The summed E-state index contributed by atoms with van der Waals surface area (Å²) in [5.74, 6) is 3.43. The van der Waals surface area contributed by atoms with Gasteiger partial charge in [-0.3, -0.25) is 9.59 Å². The molecule has 188 valence electrons. The Morgan fingerprint density at radius 2 is 1.06 bits per heavy atom. The fraction of sp³-hybridized carbons (Fsp3) is 0.400. The van der Waals surface area contributed by atoms with Crippen LogP contribution < -0.4 is 9.80 Å². The summed E-state index contributed by atoms with van der Waals surface area (Å²) >= 11 is 0. The van der Waals surface area contributed by atoms with Crippen molar-refractivity contribution in [3.8, 4) is 24.7 Å². The van der Waals surface area contributed by atoms with Crippen LogP contribution in [0, 0.1) is 24.7 Å². The normalized spacial score (nSPS) is 16.7. The lowest BCUT2D eigenvalue weighted by Crippen LogP contribution is -2.44. The number of hydrogen-bond acceptors (Lipinski definition) is 6. The topological polar surface area (TPSA) is 59.1 Å². The Balaban J connectivity index is 1.61. The largest absolute Gasteiger partial charge is 0.370 e. The molecule has 6 nitrogen and oxygen atoms in total.